The molecule has 1 aromatic heterocycles. The predicted octanol–water partition coefficient (Wildman–Crippen LogP) is 2.83. The van der Waals surface area contributed by atoms with E-state index in [0.717, 1.165) is 21.2 Å². The number of rotatable bonds is 6. The van der Waals surface area contributed by atoms with Crippen molar-refractivity contribution in [3.05, 3.63) is 95.0 Å². The third-order valence-electron chi connectivity index (χ3n) is 5.09. The Hall–Kier alpha value is -3.65. The molecule has 2 aromatic carbocycles. The zero-order valence-corrected chi connectivity index (χ0v) is 17.5. The van der Waals surface area contributed by atoms with Crippen molar-refractivity contribution in [1.82, 2.24) is 9.29 Å². The van der Waals surface area contributed by atoms with Crippen LogP contribution in [0.3, 0.4) is 0 Å². The van der Waals surface area contributed by atoms with Gasteiger partial charge in [-0.1, -0.05) is 29.8 Å². The van der Waals surface area contributed by atoms with E-state index in [1.54, 1.807) is 36.4 Å². The quantitative estimate of drug-likeness (QED) is 0.616. The van der Waals surface area contributed by atoms with Gasteiger partial charge in [-0.2, -0.15) is 0 Å². The third kappa shape index (κ3) is 3.89. The van der Waals surface area contributed by atoms with Crippen molar-refractivity contribution in [2.24, 2.45) is 0 Å². The van der Waals surface area contributed by atoms with Gasteiger partial charge in [0.2, 0.25) is 11.6 Å². The van der Waals surface area contributed by atoms with Crippen LogP contribution in [0, 0.1) is 6.92 Å². The summed E-state index contributed by atoms with van der Waals surface area (Å²) in [5.74, 6) is -0.814. The molecule has 0 aliphatic heterocycles. The highest BCUT2D eigenvalue weighted by Gasteiger charge is 2.32. The van der Waals surface area contributed by atoms with Gasteiger partial charge in [0.1, 0.15) is 11.4 Å². The number of hydrogen-bond donors (Lipinski definition) is 2. The minimum Gasteiger partial charge on any atom is -0.508 e. The van der Waals surface area contributed by atoms with Crippen molar-refractivity contribution in [3.8, 4) is 5.75 Å². The largest absolute Gasteiger partial charge is 0.508 e. The highest BCUT2D eigenvalue weighted by molar-refractivity contribution is 7.90. The van der Waals surface area contributed by atoms with Crippen molar-refractivity contribution in [2.75, 3.05) is 6.54 Å². The zero-order valence-electron chi connectivity index (χ0n) is 16.7. The molecule has 1 aliphatic rings. The number of aryl methyl sites for hydroxylation is 1. The van der Waals surface area contributed by atoms with Gasteiger partial charge in [0.25, 0.3) is 10.0 Å². The van der Waals surface area contributed by atoms with Crippen molar-refractivity contribution in [2.45, 2.75) is 18.2 Å². The number of phenolic OH excluding ortho intramolecular Hbond substituents is 1. The van der Waals surface area contributed by atoms with E-state index in [9.17, 15) is 23.1 Å². The highest BCUT2D eigenvalue weighted by Crippen LogP contribution is 2.26. The number of benzene rings is 2. The van der Waals surface area contributed by atoms with Crippen molar-refractivity contribution in [1.29, 1.82) is 0 Å². The molecule has 1 heterocycles. The Morgan fingerprint density at radius 3 is 2.32 bits per heavy atom. The molecule has 0 atom stereocenters. The van der Waals surface area contributed by atoms with E-state index in [4.69, 9.17) is 0 Å². The van der Waals surface area contributed by atoms with Gasteiger partial charge in [-0.3, -0.25) is 9.59 Å². The maximum absolute atomic E-state index is 13.0. The van der Waals surface area contributed by atoms with Crippen LogP contribution < -0.4 is 5.32 Å². The Bertz CT molecular complexity index is 1300. The molecule has 0 bridgehead atoms. The summed E-state index contributed by atoms with van der Waals surface area (Å²) in [5, 5.41) is 12.3. The highest BCUT2D eigenvalue weighted by atomic mass is 32.2. The second-order valence-corrected chi connectivity index (χ2v) is 9.10. The van der Waals surface area contributed by atoms with Crippen molar-refractivity contribution < 1.29 is 23.1 Å². The number of hydrogen-bond acceptors (Lipinski definition) is 6. The standard InChI is InChI=1S/C23H20N2O5S/c1-15-2-8-18(9-3-15)31(29,30)25-13-11-19-22(25)21(27)14-20(23(19)28)24-12-10-16-4-6-17(26)7-5-16/h2-9,11,13-14,24,26H,10,12H2,1H3. The molecule has 0 unspecified atom stereocenters. The molecule has 0 amide bonds. The molecule has 0 radical (unpaired) electrons. The summed E-state index contributed by atoms with van der Waals surface area (Å²) in [4.78, 5) is 25.6. The molecule has 0 saturated carbocycles. The van der Waals surface area contributed by atoms with Gasteiger partial charge in [0, 0.05) is 18.8 Å². The predicted molar refractivity (Wildman–Crippen MR) is 115 cm³/mol. The van der Waals surface area contributed by atoms with Crippen LogP contribution in [0.4, 0.5) is 0 Å². The number of nitrogens with zero attached hydrogens (tertiary/aromatic N) is 1. The van der Waals surface area contributed by atoms with Crippen molar-refractivity contribution in [3.63, 3.8) is 0 Å². The van der Waals surface area contributed by atoms with Gasteiger partial charge in [-0.15, -0.1) is 0 Å². The summed E-state index contributed by atoms with van der Waals surface area (Å²) in [6.45, 7) is 2.24. The van der Waals surface area contributed by atoms with Crippen LogP contribution in [0.15, 0.2) is 77.5 Å². The average molecular weight is 436 g/mol. The number of phenols is 1. The summed E-state index contributed by atoms with van der Waals surface area (Å²) < 4.78 is 26.9. The maximum atomic E-state index is 13.0. The number of allylic oxidation sites excluding steroid dienone is 2. The summed E-state index contributed by atoms with van der Waals surface area (Å²) in [6, 6.07) is 14.3. The molecule has 158 valence electrons. The monoisotopic (exact) mass is 436 g/mol. The SMILES string of the molecule is Cc1ccc(S(=O)(=O)n2ccc3c2C(=O)C=C(NCCc2ccc(O)cc2)C3=O)cc1. The first-order valence-electron chi connectivity index (χ1n) is 9.63. The first kappa shape index (κ1) is 20.6. The minimum atomic E-state index is -4.01. The van der Waals surface area contributed by atoms with Crippen molar-refractivity contribution >= 4 is 21.6 Å². The lowest BCUT2D eigenvalue weighted by atomic mass is 9.99. The number of aromatic hydroxyl groups is 1. The Morgan fingerprint density at radius 2 is 1.65 bits per heavy atom. The molecular weight excluding hydrogens is 416 g/mol. The fourth-order valence-electron chi connectivity index (χ4n) is 3.41. The summed E-state index contributed by atoms with van der Waals surface area (Å²) in [7, 11) is -4.01. The number of Topliss-reactive ketones (excluding diaryl/α,β-unsaturated/α-hetero) is 1. The van der Waals surface area contributed by atoms with Crippen LogP contribution in [0.5, 0.6) is 5.75 Å². The normalized spacial score (nSPS) is 13.6. The van der Waals surface area contributed by atoms with Crippen LogP contribution >= 0.6 is 0 Å². The average Bonchev–Trinajstić information content (AvgIpc) is 3.20. The lowest BCUT2D eigenvalue weighted by Gasteiger charge is -2.16. The summed E-state index contributed by atoms with van der Waals surface area (Å²) in [6.07, 6.45) is 2.96. The topological polar surface area (TPSA) is 105 Å². The smallest absolute Gasteiger partial charge is 0.268 e. The molecule has 2 N–H and O–H groups in total. The molecule has 7 nitrogen and oxygen atoms in total. The Morgan fingerprint density at radius 1 is 0.968 bits per heavy atom. The molecule has 0 spiro atoms. The summed E-state index contributed by atoms with van der Waals surface area (Å²) >= 11 is 0. The van der Waals surface area contributed by atoms with E-state index in [2.05, 4.69) is 5.32 Å². The number of aromatic nitrogens is 1. The molecule has 8 heteroatoms. The lowest BCUT2D eigenvalue weighted by molar-refractivity contribution is 0.0975. The fraction of sp³-hybridized carbons (Fsp3) is 0.130. The number of ketones is 2. The number of nitrogens with one attached hydrogen (secondary N) is 1. The molecule has 0 saturated heterocycles. The Kier molecular flexibility index (Phi) is 5.24. The van der Waals surface area contributed by atoms with Gasteiger partial charge in [0.15, 0.2) is 0 Å². The molecule has 1 aliphatic carbocycles. The van der Waals surface area contributed by atoms with Crippen LogP contribution in [0.25, 0.3) is 0 Å². The van der Waals surface area contributed by atoms with Gasteiger partial charge in [0.05, 0.1) is 16.2 Å². The van der Waals surface area contributed by atoms with Crippen LogP contribution in [-0.2, 0) is 16.4 Å². The van der Waals surface area contributed by atoms with E-state index in [1.807, 2.05) is 6.92 Å². The van der Waals surface area contributed by atoms with Crippen LogP contribution in [0.1, 0.15) is 32.0 Å². The lowest BCUT2D eigenvalue weighted by Crippen LogP contribution is -2.29. The number of fused-ring (bicyclic) bond motifs is 1. The van der Waals surface area contributed by atoms with Gasteiger partial charge in [-0.25, -0.2) is 12.4 Å². The molecule has 3 aromatic rings. The summed E-state index contributed by atoms with van der Waals surface area (Å²) in [5.41, 5.74) is 1.88. The maximum Gasteiger partial charge on any atom is 0.268 e. The van der Waals surface area contributed by atoms with E-state index in [-0.39, 0.29) is 27.6 Å². The molecule has 0 fully saturated rings. The number of carbonyl (C=O) groups excluding carboxylic acids is 2. The molecular formula is C23H20N2O5S. The Labute approximate surface area is 179 Å². The van der Waals surface area contributed by atoms with E-state index < -0.39 is 21.6 Å². The van der Waals surface area contributed by atoms with Crippen LogP contribution in [0.2, 0.25) is 0 Å². The van der Waals surface area contributed by atoms with E-state index >= 15 is 0 Å². The van der Waals surface area contributed by atoms with E-state index in [1.165, 1.54) is 24.4 Å². The molecule has 4 rings (SSSR count). The third-order valence-corrected chi connectivity index (χ3v) is 6.78. The van der Waals surface area contributed by atoms with Gasteiger partial charge in [-0.05, 0) is 49.2 Å². The van der Waals surface area contributed by atoms with Gasteiger partial charge >= 0.3 is 0 Å². The first-order valence-corrected chi connectivity index (χ1v) is 11.1. The fourth-order valence-corrected chi connectivity index (χ4v) is 4.77. The first-order chi connectivity index (χ1) is 14.8. The minimum absolute atomic E-state index is 0.0403. The second kappa shape index (κ2) is 7.88. The Balaban J connectivity index is 1.56. The van der Waals surface area contributed by atoms with Gasteiger partial charge < -0.3 is 10.4 Å². The van der Waals surface area contributed by atoms with E-state index in [0.29, 0.717) is 13.0 Å². The zero-order chi connectivity index (χ0) is 22.2. The second-order valence-electron chi connectivity index (χ2n) is 7.29. The van der Waals surface area contributed by atoms with Crippen LogP contribution in [-0.4, -0.2) is 35.6 Å². The molecule has 31 heavy (non-hydrogen) atoms. The number of carbonyl (C=O) groups is 2.